The maximum Gasteiger partial charge on any atom is 0.282 e. The summed E-state index contributed by atoms with van der Waals surface area (Å²) in [5.74, 6) is -0.283. The fourth-order valence-electron chi connectivity index (χ4n) is 2.23. The van der Waals surface area contributed by atoms with E-state index in [1.165, 1.54) is 29.9 Å². The molecule has 1 heterocycles. The molecular weight excluding hydrogens is 219 g/mol. The third-order valence-corrected chi connectivity index (χ3v) is 3.36. The summed E-state index contributed by atoms with van der Waals surface area (Å²) in [5, 5.41) is 2.82. The van der Waals surface area contributed by atoms with Gasteiger partial charge in [0.15, 0.2) is 6.04 Å². The van der Waals surface area contributed by atoms with Gasteiger partial charge in [0.2, 0.25) is 0 Å². The Hall–Kier alpha value is -1.42. The second kappa shape index (κ2) is 5.27. The Morgan fingerprint density at radius 3 is 2.47 bits per heavy atom. The van der Waals surface area contributed by atoms with Crippen LogP contribution in [-0.4, -0.2) is 25.0 Å². The normalized spacial score (nSPS) is 18.0. The maximum absolute atomic E-state index is 12.7. The minimum atomic E-state index is -0.291. The van der Waals surface area contributed by atoms with Gasteiger partial charge in [0, 0.05) is 18.5 Å². The molecule has 1 aliphatic rings. The summed E-state index contributed by atoms with van der Waals surface area (Å²) in [6.45, 7) is 4.08. The molecule has 1 aromatic rings. The highest BCUT2D eigenvalue weighted by molar-refractivity contribution is 5.93. The Morgan fingerprint density at radius 2 is 1.88 bits per heavy atom. The average Bonchev–Trinajstić information content (AvgIpc) is 2.84. The van der Waals surface area contributed by atoms with Crippen LogP contribution in [0.3, 0.4) is 0 Å². The molecule has 1 fully saturated rings. The molecule has 4 heteroatoms. The number of carbonyl (C=O) groups is 1. The number of amides is 1. The largest absolute Gasteiger partial charge is 0.325 e. The van der Waals surface area contributed by atoms with Crippen LogP contribution in [0.2, 0.25) is 0 Å². The Kier molecular flexibility index (Phi) is 3.74. The molecule has 0 radical (unpaired) electrons. The van der Waals surface area contributed by atoms with Crippen molar-refractivity contribution in [1.82, 2.24) is 0 Å². The van der Waals surface area contributed by atoms with Gasteiger partial charge in [-0.25, -0.2) is 4.39 Å². The predicted molar refractivity (Wildman–Crippen MR) is 64.4 cm³/mol. The van der Waals surface area contributed by atoms with E-state index in [0.717, 1.165) is 13.1 Å². The van der Waals surface area contributed by atoms with Gasteiger partial charge in [0.05, 0.1) is 13.1 Å². The molecule has 2 rings (SSSR count). The summed E-state index contributed by atoms with van der Waals surface area (Å²) in [6, 6.07) is 5.83. The summed E-state index contributed by atoms with van der Waals surface area (Å²) >= 11 is 0. The van der Waals surface area contributed by atoms with Crippen LogP contribution in [0.5, 0.6) is 0 Å². The quantitative estimate of drug-likeness (QED) is 0.802. The third kappa shape index (κ3) is 3.03. The van der Waals surface area contributed by atoms with Gasteiger partial charge in [-0.05, 0) is 31.2 Å². The number of hydrogen-bond donors (Lipinski definition) is 2. The molecule has 1 saturated heterocycles. The molecule has 0 saturated carbocycles. The smallest absolute Gasteiger partial charge is 0.282 e. The molecule has 1 aliphatic heterocycles. The Morgan fingerprint density at radius 1 is 1.29 bits per heavy atom. The molecule has 17 heavy (non-hydrogen) atoms. The van der Waals surface area contributed by atoms with E-state index in [1.807, 2.05) is 6.92 Å². The Balaban J connectivity index is 1.93. The predicted octanol–water partition coefficient (Wildman–Crippen LogP) is 0.831. The molecule has 2 N–H and O–H groups in total. The summed E-state index contributed by atoms with van der Waals surface area (Å²) in [6.07, 6.45) is 2.40. The first kappa shape index (κ1) is 12.0. The lowest BCUT2D eigenvalue weighted by Gasteiger charge is -2.19. The van der Waals surface area contributed by atoms with Gasteiger partial charge >= 0.3 is 0 Å². The molecule has 3 nitrogen and oxygen atoms in total. The van der Waals surface area contributed by atoms with E-state index in [1.54, 1.807) is 12.1 Å². The number of benzene rings is 1. The van der Waals surface area contributed by atoms with Crippen LogP contribution >= 0.6 is 0 Å². The van der Waals surface area contributed by atoms with Gasteiger partial charge in [-0.3, -0.25) is 4.79 Å². The topological polar surface area (TPSA) is 33.5 Å². The maximum atomic E-state index is 12.7. The molecule has 92 valence electrons. The van der Waals surface area contributed by atoms with Gasteiger partial charge in [-0.2, -0.15) is 0 Å². The number of nitrogens with one attached hydrogen (secondary N) is 2. The third-order valence-electron chi connectivity index (χ3n) is 3.36. The van der Waals surface area contributed by atoms with Crippen molar-refractivity contribution in [1.29, 1.82) is 0 Å². The molecule has 0 unspecified atom stereocenters. The van der Waals surface area contributed by atoms with Crippen molar-refractivity contribution >= 4 is 11.6 Å². The molecule has 0 aliphatic carbocycles. The highest BCUT2D eigenvalue weighted by Crippen LogP contribution is 2.08. The van der Waals surface area contributed by atoms with Crippen molar-refractivity contribution in [2.45, 2.75) is 25.8 Å². The van der Waals surface area contributed by atoms with Gasteiger partial charge in [0.1, 0.15) is 5.82 Å². The first-order valence-corrected chi connectivity index (χ1v) is 6.08. The Labute approximate surface area is 101 Å². The van der Waals surface area contributed by atoms with Crippen molar-refractivity contribution in [3.63, 3.8) is 0 Å². The van der Waals surface area contributed by atoms with Crippen LogP contribution in [0.25, 0.3) is 0 Å². The fourth-order valence-corrected chi connectivity index (χ4v) is 2.23. The SMILES string of the molecule is C[C@H](C(=O)Nc1ccc(F)cc1)[NH+]1CCCC1. The zero-order valence-electron chi connectivity index (χ0n) is 10.0. The molecule has 0 aromatic heterocycles. The van der Waals surface area contributed by atoms with E-state index in [0.29, 0.717) is 5.69 Å². The Bertz CT molecular complexity index is 385. The van der Waals surface area contributed by atoms with Gasteiger partial charge < -0.3 is 10.2 Å². The van der Waals surface area contributed by atoms with Gasteiger partial charge in [-0.15, -0.1) is 0 Å². The number of likely N-dealkylation sites (tertiary alicyclic amines) is 1. The molecule has 1 aromatic carbocycles. The van der Waals surface area contributed by atoms with E-state index in [4.69, 9.17) is 0 Å². The molecule has 1 atom stereocenters. The second-order valence-corrected chi connectivity index (χ2v) is 4.58. The van der Waals surface area contributed by atoms with E-state index in [-0.39, 0.29) is 17.8 Å². The highest BCUT2D eigenvalue weighted by atomic mass is 19.1. The monoisotopic (exact) mass is 237 g/mol. The summed E-state index contributed by atoms with van der Waals surface area (Å²) in [7, 11) is 0. The van der Waals surface area contributed by atoms with Crippen molar-refractivity contribution in [2.75, 3.05) is 18.4 Å². The van der Waals surface area contributed by atoms with E-state index >= 15 is 0 Å². The van der Waals surface area contributed by atoms with Crippen LogP contribution < -0.4 is 10.2 Å². The molecule has 0 bridgehead atoms. The number of rotatable bonds is 3. The number of carbonyl (C=O) groups excluding carboxylic acids is 1. The lowest BCUT2D eigenvalue weighted by Crippen LogP contribution is -3.14. The number of anilines is 1. The van der Waals surface area contributed by atoms with Crippen molar-refractivity contribution in [3.05, 3.63) is 30.1 Å². The summed E-state index contributed by atoms with van der Waals surface area (Å²) < 4.78 is 12.7. The van der Waals surface area contributed by atoms with Gasteiger partial charge in [0.25, 0.3) is 5.91 Å². The minimum Gasteiger partial charge on any atom is -0.325 e. The zero-order chi connectivity index (χ0) is 12.3. The van der Waals surface area contributed by atoms with E-state index in [2.05, 4.69) is 5.32 Å². The second-order valence-electron chi connectivity index (χ2n) is 4.58. The van der Waals surface area contributed by atoms with Gasteiger partial charge in [-0.1, -0.05) is 0 Å². The first-order valence-electron chi connectivity index (χ1n) is 6.08. The van der Waals surface area contributed by atoms with Crippen LogP contribution in [0.15, 0.2) is 24.3 Å². The number of halogens is 1. The summed E-state index contributed by atoms with van der Waals surface area (Å²) in [5.41, 5.74) is 0.654. The number of hydrogen-bond acceptors (Lipinski definition) is 1. The van der Waals surface area contributed by atoms with Crippen LogP contribution in [0.1, 0.15) is 19.8 Å². The lowest BCUT2D eigenvalue weighted by atomic mass is 10.2. The zero-order valence-corrected chi connectivity index (χ0v) is 10.0. The molecule has 0 spiro atoms. The molecule has 1 amide bonds. The standard InChI is InChI=1S/C13H17FN2O/c1-10(16-8-2-3-9-16)13(17)15-12-6-4-11(14)5-7-12/h4-7,10H,2-3,8-9H2,1H3,(H,15,17)/p+1/t10-/m1/s1. The summed E-state index contributed by atoms with van der Waals surface area (Å²) in [4.78, 5) is 13.3. The van der Waals surface area contributed by atoms with Crippen molar-refractivity contribution in [2.24, 2.45) is 0 Å². The van der Waals surface area contributed by atoms with Crippen LogP contribution in [-0.2, 0) is 4.79 Å². The minimum absolute atomic E-state index is 0.00788. The van der Waals surface area contributed by atoms with E-state index < -0.39 is 0 Å². The fraction of sp³-hybridized carbons (Fsp3) is 0.462. The van der Waals surface area contributed by atoms with Crippen LogP contribution in [0, 0.1) is 5.82 Å². The van der Waals surface area contributed by atoms with Crippen molar-refractivity contribution < 1.29 is 14.1 Å². The molecular formula is C13H18FN2O+. The number of quaternary nitrogens is 1. The lowest BCUT2D eigenvalue weighted by molar-refractivity contribution is -0.901. The first-order chi connectivity index (χ1) is 8.16. The van der Waals surface area contributed by atoms with Crippen molar-refractivity contribution in [3.8, 4) is 0 Å². The van der Waals surface area contributed by atoms with E-state index in [9.17, 15) is 9.18 Å². The van der Waals surface area contributed by atoms with Crippen LogP contribution in [0.4, 0.5) is 10.1 Å². The highest BCUT2D eigenvalue weighted by Gasteiger charge is 2.27. The average molecular weight is 237 g/mol.